The summed E-state index contributed by atoms with van der Waals surface area (Å²) < 4.78 is 0. The van der Waals surface area contributed by atoms with E-state index in [4.69, 9.17) is 23.2 Å². The van der Waals surface area contributed by atoms with Crippen molar-refractivity contribution in [2.24, 2.45) is 5.92 Å². The van der Waals surface area contributed by atoms with Crippen molar-refractivity contribution in [3.05, 3.63) is 58.1 Å². The number of amides is 1. The third kappa shape index (κ3) is 5.17. The maximum absolute atomic E-state index is 12.7. The number of carbonyl (C=O) groups excluding carboxylic acids is 1. The Hall–Kier alpha value is -1.20. The van der Waals surface area contributed by atoms with Crippen LogP contribution in [-0.2, 0) is 11.3 Å². The molecule has 2 aromatic carbocycles. The Balaban J connectivity index is 1.61. The first-order valence-electron chi connectivity index (χ1n) is 8.66. The highest BCUT2D eigenvalue weighted by Gasteiger charge is 2.26. The van der Waals surface area contributed by atoms with Crippen LogP contribution in [-0.4, -0.2) is 30.2 Å². The van der Waals surface area contributed by atoms with E-state index in [-0.39, 0.29) is 11.8 Å². The predicted molar refractivity (Wildman–Crippen MR) is 111 cm³/mol. The average molecular weight is 409 g/mol. The van der Waals surface area contributed by atoms with Crippen LogP contribution in [0.1, 0.15) is 18.4 Å². The van der Waals surface area contributed by atoms with Gasteiger partial charge < -0.3 is 5.32 Å². The lowest BCUT2D eigenvalue weighted by Gasteiger charge is -2.32. The van der Waals surface area contributed by atoms with Crippen LogP contribution in [0.4, 0.5) is 5.69 Å². The van der Waals surface area contributed by atoms with Gasteiger partial charge in [0.1, 0.15) is 0 Å². The van der Waals surface area contributed by atoms with Crippen LogP contribution >= 0.6 is 35.0 Å². The highest BCUT2D eigenvalue weighted by atomic mass is 35.5. The SMILES string of the molecule is CSc1cccc(NC(=O)C2CCCN(Cc3ccc(Cl)cc3Cl)C2)c1. The standard InChI is InChI=1S/C20H22Cl2N2OS/c1-26-18-6-2-5-17(11-18)23-20(25)15-4-3-9-24(13-15)12-14-7-8-16(21)10-19(14)22/h2,5-8,10-11,15H,3-4,9,12-13H2,1H3,(H,23,25). The van der Waals surface area contributed by atoms with E-state index in [1.807, 2.05) is 42.7 Å². The van der Waals surface area contributed by atoms with E-state index >= 15 is 0 Å². The first-order chi connectivity index (χ1) is 12.5. The Morgan fingerprint density at radius 2 is 2.12 bits per heavy atom. The zero-order valence-corrected chi connectivity index (χ0v) is 17.0. The van der Waals surface area contributed by atoms with Gasteiger partial charge in [0, 0.05) is 33.7 Å². The van der Waals surface area contributed by atoms with Crippen molar-refractivity contribution in [1.82, 2.24) is 4.90 Å². The molecule has 1 unspecified atom stereocenters. The fourth-order valence-electron chi connectivity index (χ4n) is 3.25. The molecule has 1 heterocycles. The van der Waals surface area contributed by atoms with Crippen molar-refractivity contribution >= 4 is 46.6 Å². The summed E-state index contributed by atoms with van der Waals surface area (Å²) >= 11 is 13.9. The molecular formula is C20H22Cl2N2OS. The molecule has 1 atom stereocenters. The van der Waals surface area contributed by atoms with E-state index in [0.29, 0.717) is 10.0 Å². The lowest BCUT2D eigenvalue weighted by molar-refractivity contribution is -0.121. The van der Waals surface area contributed by atoms with Gasteiger partial charge in [-0.05, 0) is 61.5 Å². The summed E-state index contributed by atoms with van der Waals surface area (Å²) in [5, 5.41) is 4.39. The Kier molecular flexibility index (Phi) is 6.87. The lowest BCUT2D eigenvalue weighted by atomic mass is 9.96. The van der Waals surface area contributed by atoms with E-state index in [1.165, 1.54) is 0 Å². The molecule has 1 N–H and O–H groups in total. The highest BCUT2D eigenvalue weighted by Crippen LogP contribution is 2.26. The molecule has 0 bridgehead atoms. The molecule has 1 saturated heterocycles. The number of benzene rings is 2. The molecule has 3 rings (SSSR count). The normalized spacial score (nSPS) is 17.9. The number of carbonyl (C=O) groups is 1. The van der Waals surface area contributed by atoms with Gasteiger partial charge in [-0.1, -0.05) is 35.3 Å². The monoisotopic (exact) mass is 408 g/mol. The molecule has 6 heteroatoms. The van der Waals surface area contributed by atoms with Gasteiger partial charge in [0.15, 0.2) is 0 Å². The molecule has 1 amide bonds. The van der Waals surface area contributed by atoms with Crippen molar-refractivity contribution in [3.8, 4) is 0 Å². The molecule has 0 aromatic heterocycles. The number of piperidine rings is 1. The van der Waals surface area contributed by atoms with Crippen molar-refractivity contribution in [3.63, 3.8) is 0 Å². The number of rotatable bonds is 5. The number of anilines is 1. The maximum atomic E-state index is 12.7. The highest BCUT2D eigenvalue weighted by molar-refractivity contribution is 7.98. The number of likely N-dealkylation sites (tertiary alicyclic amines) is 1. The second-order valence-corrected chi connectivity index (χ2v) is 8.25. The first-order valence-corrected chi connectivity index (χ1v) is 10.6. The maximum Gasteiger partial charge on any atom is 0.228 e. The van der Waals surface area contributed by atoms with Crippen molar-refractivity contribution in [2.75, 3.05) is 24.7 Å². The van der Waals surface area contributed by atoms with Crippen LogP contribution in [0.15, 0.2) is 47.4 Å². The third-order valence-corrected chi connectivity index (χ3v) is 5.93. The molecule has 1 aliphatic rings. The zero-order chi connectivity index (χ0) is 18.5. The van der Waals surface area contributed by atoms with Gasteiger partial charge in [0.25, 0.3) is 0 Å². The van der Waals surface area contributed by atoms with Gasteiger partial charge >= 0.3 is 0 Å². The molecule has 0 spiro atoms. The van der Waals surface area contributed by atoms with Gasteiger partial charge in [-0.2, -0.15) is 0 Å². The summed E-state index contributed by atoms with van der Waals surface area (Å²) in [6.07, 6.45) is 3.95. The molecule has 138 valence electrons. The second-order valence-electron chi connectivity index (χ2n) is 6.53. The Morgan fingerprint density at radius 1 is 1.27 bits per heavy atom. The number of halogens is 2. The molecule has 0 radical (unpaired) electrons. The van der Waals surface area contributed by atoms with Crippen molar-refractivity contribution in [1.29, 1.82) is 0 Å². The summed E-state index contributed by atoms with van der Waals surface area (Å²) in [4.78, 5) is 16.1. The molecule has 1 fully saturated rings. The topological polar surface area (TPSA) is 32.3 Å². The average Bonchev–Trinajstić information content (AvgIpc) is 2.64. The van der Waals surface area contributed by atoms with Gasteiger partial charge in [-0.3, -0.25) is 9.69 Å². The minimum atomic E-state index is -0.00670. The summed E-state index contributed by atoms with van der Waals surface area (Å²) in [6, 6.07) is 13.5. The zero-order valence-electron chi connectivity index (χ0n) is 14.7. The van der Waals surface area contributed by atoms with Crippen LogP contribution in [0.25, 0.3) is 0 Å². The van der Waals surface area contributed by atoms with Crippen LogP contribution < -0.4 is 5.32 Å². The van der Waals surface area contributed by atoms with Gasteiger partial charge in [0.2, 0.25) is 5.91 Å². The lowest BCUT2D eigenvalue weighted by Crippen LogP contribution is -2.40. The number of hydrogen-bond donors (Lipinski definition) is 1. The Morgan fingerprint density at radius 3 is 2.88 bits per heavy atom. The Labute approximate surface area is 169 Å². The summed E-state index contributed by atoms with van der Waals surface area (Å²) in [7, 11) is 0. The first kappa shape index (κ1) is 19.6. The number of thioether (sulfide) groups is 1. The minimum Gasteiger partial charge on any atom is -0.326 e. The number of nitrogens with one attached hydrogen (secondary N) is 1. The quantitative estimate of drug-likeness (QED) is 0.656. The van der Waals surface area contributed by atoms with Gasteiger partial charge in [0.05, 0.1) is 5.92 Å². The molecule has 0 aliphatic carbocycles. The molecule has 1 aliphatic heterocycles. The van der Waals surface area contributed by atoms with Crippen LogP contribution in [0.2, 0.25) is 10.0 Å². The number of nitrogens with zero attached hydrogens (tertiary/aromatic N) is 1. The van der Waals surface area contributed by atoms with Crippen molar-refractivity contribution < 1.29 is 4.79 Å². The van der Waals surface area contributed by atoms with E-state index in [0.717, 1.165) is 48.6 Å². The summed E-state index contributed by atoms with van der Waals surface area (Å²) in [6.45, 7) is 2.46. The minimum absolute atomic E-state index is 0.00670. The second kappa shape index (κ2) is 9.14. The molecule has 26 heavy (non-hydrogen) atoms. The summed E-state index contributed by atoms with van der Waals surface area (Å²) in [5.74, 6) is 0.0860. The van der Waals surface area contributed by atoms with E-state index in [9.17, 15) is 4.79 Å². The number of hydrogen-bond acceptors (Lipinski definition) is 3. The largest absolute Gasteiger partial charge is 0.326 e. The smallest absolute Gasteiger partial charge is 0.228 e. The predicted octanol–water partition coefficient (Wildman–Crippen LogP) is 5.57. The molecule has 0 saturated carbocycles. The van der Waals surface area contributed by atoms with Crippen molar-refractivity contribution in [2.45, 2.75) is 24.3 Å². The van der Waals surface area contributed by atoms with Gasteiger partial charge in [-0.15, -0.1) is 11.8 Å². The Bertz CT molecular complexity index is 784. The summed E-state index contributed by atoms with van der Waals surface area (Å²) in [5.41, 5.74) is 1.91. The van der Waals surface area contributed by atoms with E-state index in [2.05, 4.69) is 10.2 Å². The van der Waals surface area contributed by atoms with Crippen LogP contribution in [0.5, 0.6) is 0 Å². The van der Waals surface area contributed by atoms with Crippen LogP contribution in [0, 0.1) is 5.92 Å². The fourth-order valence-corrected chi connectivity index (χ4v) is 4.18. The van der Waals surface area contributed by atoms with Gasteiger partial charge in [-0.25, -0.2) is 0 Å². The molecule has 2 aromatic rings. The molecular weight excluding hydrogens is 387 g/mol. The fraction of sp³-hybridized carbons (Fsp3) is 0.350. The van der Waals surface area contributed by atoms with E-state index < -0.39 is 0 Å². The van der Waals surface area contributed by atoms with Crippen LogP contribution in [0.3, 0.4) is 0 Å². The van der Waals surface area contributed by atoms with E-state index in [1.54, 1.807) is 17.8 Å². The third-order valence-electron chi connectivity index (χ3n) is 4.62. The molecule has 3 nitrogen and oxygen atoms in total.